The summed E-state index contributed by atoms with van der Waals surface area (Å²) in [5.74, 6) is 0.481. The summed E-state index contributed by atoms with van der Waals surface area (Å²) < 4.78 is 13.8. The quantitative estimate of drug-likeness (QED) is 0.798. The minimum atomic E-state index is -0.112. The molecule has 1 nitrogen and oxygen atoms in total. The summed E-state index contributed by atoms with van der Waals surface area (Å²) in [6.07, 6.45) is 4.91. The molecule has 0 radical (unpaired) electrons. The SMILES string of the molecule is CCCNC(c1cc(C)cc(F)c1)C1CCCC1(C)C. The van der Waals surface area contributed by atoms with Crippen molar-refractivity contribution in [1.29, 1.82) is 0 Å². The van der Waals surface area contributed by atoms with Crippen molar-refractivity contribution in [2.75, 3.05) is 6.54 Å². The second kappa shape index (κ2) is 6.26. The highest BCUT2D eigenvalue weighted by molar-refractivity contribution is 5.27. The number of halogens is 1. The molecule has 112 valence electrons. The number of hydrogen-bond acceptors (Lipinski definition) is 1. The Morgan fingerprint density at radius 2 is 2.10 bits per heavy atom. The zero-order chi connectivity index (χ0) is 14.8. The fourth-order valence-corrected chi connectivity index (χ4v) is 3.71. The third kappa shape index (κ3) is 3.41. The molecular weight excluding hydrogens is 249 g/mol. The van der Waals surface area contributed by atoms with Gasteiger partial charge in [0.25, 0.3) is 0 Å². The molecule has 20 heavy (non-hydrogen) atoms. The Hall–Kier alpha value is -0.890. The molecule has 1 saturated carbocycles. The lowest BCUT2D eigenvalue weighted by Crippen LogP contribution is -2.34. The zero-order valence-corrected chi connectivity index (χ0v) is 13.3. The van der Waals surface area contributed by atoms with E-state index in [9.17, 15) is 4.39 Å². The lowest BCUT2D eigenvalue weighted by atomic mass is 9.75. The smallest absolute Gasteiger partial charge is 0.123 e. The molecule has 0 aliphatic heterocycles. The van der Waals surface area contributed by atoms with Crippen LogP contribution in [-0.2, 0) is 0 Å². The van der Waals surface area contributed by atoms with Crippen LogP contribution in [0.4, 0.5) is 4.39 Å². The minimum Gasteiger partial charge on any atom is -0.310 e. The number of hydrogen-bond donors (Lipinski definition) is 1. The molecule has 0 heterocycles. The van der Waals surface area contributed by atoms with Gasteiger partial charge in [-0.05, 0) is 67.3 Å². The largest absolute Gasteiger partial charge is 0.310 e. The van der Waals surface area contributed by atoms with E-state index < -0.39 is 0 Å². The van der Waals surface area contributed by atoms with Gasteiger partial charge in [0.2, 0.25) is 0 Å². The molecule has 1 aromatic carbocycles. The van der Waals surface area contributed by atoms with Gasteiger partial charge in [-0.2, -0.15) is 0 Å². The van der Waals surface area contributed by atoms with Crippen molar-refractivity contribution in [2.45, 2.75) is 59.4 Å². The minimum absolute atomic E-state index is 0.112. The fraction of sp³-hybridized carbons (Fsp3) is 0.667. The Bertz CT molecular complexity index is 432. The lowest BCUT2D eigenvalue weighted by Gasteiger charge is -2.35. The lowest BCUT2D eigenvalue weighted by molar-refractivity contribution is 0.197. The molecule has 1 aliphatic carbocycles. The molecule has 0 aromatic heterocycles. The Kier molecular flexibility index (Phi) is 4.85. The topological polar surface area (TPSA) is 12.0 Å². The van der Waals surface area contributed by atoms with Gasteiger partial charge in [0.15, 0.2) is 0 Å². The molecule has 0 amide bonds. The van der Waals surface area contributed by atoms with Crippen molar-refractivity contribution in [3.8, 4) is 0 Å². The normalized spacial score (nSPS) is 22.9. The highest BCUT2D eigenvalue weighted by Gasteiger charge is 2.39. The van der Waals surface area contributed by atoms with E-state index >= 15 is 0 Å². The monoisotopic (exact) mass is 277 g/mol. The average Bonchev–Trinajstić information content (AvgIpc) is 2.69. The van der Waals surface area contributed by atoms with E-state index in [1.54, 1.807) is 12.1 Å². The first-order chi connectivity index (χ1) is 9.44. The van der Waals surface area contributed by atoms with E-state index in [0.29, 0.717) is 11.3 Å². The summed E-state index contributed by atoms with van der Waals surface area (Å²) >= 11 is 0. The maximum Gasteiger partial charge on any atom is 0.123 e. The summed E-state index contributed by atoms with van der Waals surface area (Å²) in [7, 11) is 0. The third-order valence-electron chi connectivity index (χ3n) is 4.78. The van der Waals surface area contributed by atoms with Gasteiger partial charge >= 0.3 is 0 Å². The van der Waals surface area contributed by atoms with E-state index in [0.717, 1.165) is 24.1 Å². The zero-order valence-electron chi connectivity index (χ0n) is 13.3. The number of rotatable bonds is 5. The average molecular weight is 277 g/mol. The first-order valence-corrected chi connectivity index (χ1v) is 7.94. The molecule has 0 saturated heterocycles. The summed E-state index contributed by atoms with van der Waals surface area (Å²) in [5.41, 5.74) is 2.47. The van der Waals surface area contributed by atoms with Crippen molar-refractivity contribution in [1.82, 2.24) is 5.32 Å². The Labute approximate surface area is 123 Å². The van der Waals surface area contributed by atoms with Gasteiger partial charge in [0.05, 0.1) is 0 Å². The van der Waals surface area contributed by atoms with E-state index in [-0.39, 0.29) is 11.9 Å². The third-order valence-corrected chi connectivity index (χ3v) is 4.78. The van der Waals surface area contributed by atoms with Gasteiger partial charge in [-0.3, -0.25) is 0 Å². The van der Waals surface area contributed by atoms with Gasteiger partial charge in [-0.1, -0.05) is 33.3 Å². The van der Waals surface area contributed by atoms with E-state index in [1.165, 1.54) is 19.3 Å². The molecular formula is C18H28FN. The van der Waals surface area contributed by atoms with E-state index in [2.05, 4.69) is 32.2 Å². The summed E-state index contributed by atoms with van der Waals surface area (Å²) in [6, 6.07) is 5.75. The second-order valence-corrected chi connectivity index (χ2v) is 6.98. The predicted molar refractivity (Wildman–Crippen MR) is 83.3 cm³/mol. The van der Waals surface area contributed by atoms with Gasteiger partial charge in [-0.15, -0.1) is 0 Å². The van der Waals surface area contributed by atoms with Gasteiger partial charge in [0, 0.05) is 6.04 Å². The molecule has 0 spiro atoms. The number of aryl methyl sites for hydroxylation is 1. The second-order valence-electron chi connectivity index (χ2n) is 6.98. The van der Waals surface area contributed by atoms with Crippen LogP contribution in [0, 0.1) is 24.1 Å². The summed E-state index contributed by atoms with van der Waals surface area (Å²) in [6.45, 7) is 9.87. The summed E-state index contributed by atoms with van der Waals surface area (Å²) in [5, 5.41) is 3.67. The van der Waals surface area contributed by atoms with Crippen molar-refractivity contribution in [3.05, 3.63) is 35.1 Å². The van der Waals surface area contributed by atoms with Crippen molar-refractivity contribution < 1.29 is 4.39 Å². The Morgan fingerprint density at radius 1 is 1.35 bits per heavy atom. The van der Waals surface area contributed by atoms with E-state index in [1.807, 2.05) is 6.92 Å². The van der Waals surface area contributed by atoms with Crippen LogP contribution in [0.1, 0.15) is 63.6 Å². The molecule has 1 fully saturated rings. The first kappa shape index (κ1) is 15.5. The highest BCUT2D eigenvalue weighted by atomic mass is 19.1. The number of benzene rings is 1. The predicted octanol–water partition coefficient (Wildman–Crippen LogP) is 5.00. The molecule has 2 atom stereocenters. The van der Waals surface area contributed by atoms with Gasteiger partial charge in [-0.25, -0.2) is 4.39 Å². The standard InChI is InChI=1S/C18H28FN/c1-5-9-20-17(16-7-6-8-18(16,3)4)14-10-13(2)11-15(19)12-14/h10-12,16-17,20H,5-9H2,1-4H3. The molecule has 2 unspecified atom stereocenters. The van der Waals surface area contributed by atoms with E-state index in [4.69, 9.17) is 0 Å². The Balaban J connectivity index is 2.31. The van der Waals surface area contributed by atoms with Crippen LogP contribution in [0.2, 0.25) is 0 Å². The fourth-order valence-electron chi connectivity index (χ4n) is 3.71. The number of nitrogens with one attached hydrogen (secondary N) is 1. The molecule has 1 aromatic rings. The van der Waals surface area contributed by atoms with Crippen LogP contribution in [0.3, 0.4) is 0 Å². The van der Waals surface area contributed by atoms with Gasteiger partial charge < -0.3 is 5.32 Å². The first-order valence-electron chi connectivity index (χ1n) is 7.94. The van der Waals surface area contributed by atoms with Gasteiger partial charge in [0.1, 0.15) is 5.82 Å². The van der Waals surface area contributed by atoms with Crippen molar-refractivity contribution in [2.24, 2.45) is 11.3 Å². The van der Waals surface area contributed by atoms with Crippen LogP contribution < -0.4 is 5.32 Å². The van der Waals surface area contributed by atoms with Crippen LogP contribution in [0.5, 0.6) is 0 Å². The molecule has 1 N–H and O–H groups in total. The Morgan fingerprint density at radius 3 is 2.65 bits per heavy atom. The van der Waals surface area contributed by atoms with Crippen LogP contribution in [-0.4, -0.2) is 6.54 Å². The molecule has 1 aliphatic rings. The van der Waals surface area contributed by atoms with Crippen molar-refractivity contribution in [3.63, 3.8) is 0 Å². The maximum absolute atomic E-state index is 13.8. The van der Waals surface area contributed by atoms with Crippen LogP contribution >= 0.6 is 0 Å². The highest BCUT2D eigenvalue weighted by Crippen LogP contribution is 2.48. The van der Waals surface area contributed by atoms with Crippen LogP contribution in [0.15, 0.2) is 18.2 Å². The van der Waals surface area contributed by atoms with Crippen LogP contribution in [0.25, 0.3) is 0 Å². The molecule has 2 rings (SSSR count). The van der Waals surface area contributed by atoms with Crippen molar-refractivity contribution >= 4 is 0 Å². The summed E-state index contributed by atoms with van der Waals surface area (Å²) in [4.78, 5) is 0. The maximum atomic E-state index is 13.8. The molecule has 2 heteroatoms. The molecule has 0 bridgehead atoms.